The van der Waals surface area contributed by atoms with Gasteiger partial charge in [0.1, 0.15) is 4.83 Å². The summed E-state index contributed by atoms with van der Waals surface area (Å²) >= 11 is 1.16. The maximum atomic E-state index is 13.4. The van der Waals surface area contributed by atoms with Crippen molar-refractivity contribution in [2.75, 3.05) is 19.6 Å². The van der Waals surface area contributed by atoms with Crippen LogP contribution >= 0.6 is 11.3 Å². The average Bonchev–Trinajstić information content (AvgIpc) is 3.09. The fourth-order valence-electron chi connectivity index (χ4n) is 4.14. The number of alkyl halides is 3. The van der Waals surface area contributed by atoms with Crippen LogP contribution in [0.5, 0.6) is 0 Å². The molecule has 1 aliphatic rings. The van der Waals surface area contributed by atoms with E-state index in [1.807, 2.05) is 35.2 Å². The number of carbonyl (C=O) groups excluding carboxylic acids is 1. The Morgan fingerprint density at radius 1 is 1.06 bits per heavy atom. The summed E-state index contributed by atoms with van der Waals surface area (Å²) in [5.41, 5.74) is 0.338. The SMILES string of the molecule is Cc1c(CN2CCNC(=O)C2)sc2c1c(=O)n(CCc1ccccc1)c(=O)n2CCC(F)(F)F. The number of hydrogen-bond acceptors (Lipinski definition) is 5. The number of nitrogens with one attached hydrogen (secondary N) is 1. The number of carbonyl (C=O) groups is 1. The van der Waals surface area contributed by atoms with Gasteiger partial charge in [-0.05, 0) is 24.5 Å². The molecule has 1 N–H and O–H groups in total. The predicted octanol–water partition coefficient (Wildman–Crippen LogP) is 2.66. The van der Waals surface area contributed by atoms with E-state index in [4.69, 9.17) is 0 Å². The summed E-state index contributed by atoms with van der Waals surface area (Å²) in [5, 5.41) is 3.02. The minimum absolute atomic E-state index is 0.0700. The van der Waals surface area contributed by atoms with Gasteiger partial charge in [-0.25, -0.2) is 4.79 Å². The van der Waals surface area contributed by atoms with E-state index < -0.39 is 30.4 Å². The molecule has 0 aliphatic carbocycles. The van der Waals surface area contributed by atoms with Crippen LogP contribution in [0.1, 0.15) is 22.4 Å². The zero-order chi connectivity index (χ0) is 24.5. The molecule has 1 fully saturated rings. The van der Waals surface area contributed by atoms with Gasteiger partial charge in [-0.3, -0.25) is 23.6 Å². The van der Waals surface area contributed by atoms with Gasteiger partial charge in [-0.15, -0.1) is 11.3 Å². The molecule has 0 spiro atoms. The van der Waals surface area contributed by atoms with Gasteiger partial charge in [-0.1, -0.05) is 30.3 Å². The third kappa shape index (κ3) is 5.25. The van der Waals surface area contributed by atoms with Gasteiger partial charge in [0.05, 0.1) is 18.4 Å². The zero-order valence-electron chi connectivity index (χ0n) is 18.7. The maximum absolute atomic E-state index is 13.4. The number of aryl methyl sites for hydroxylation is 3. The van der Waals surface area contributed by atoms with Crippen LogP contribution in [0.2, 0.25) is 0 Å². The van der Waals surface area contributed by atoms with E-state index in [2.05, 4.69) is 5.32 Å². The summed E-state index contributed by atoms with van der Waals surface area (Å²) in [5.74, 6) is -0.102. The fourth-order valence-corrected chi connectivity index (χ4v) is 5.50. The molecule has 0 atom stereocenters. The molecule has 1 saturated heterocycles. The predicted molar refractivity (Wildman–Crippen MR) is 124 cm³/mol. The Kier molecular flexibility index (Phi) is 6.94. The summed E-state index contributed by atoms with van der Waals surface area (Å²) in [6.45, 7) is 2.98. The Balaban J connectivity index is 1.77. The minimum Gasteiger partial charge on any atom is -0.354 e. The van der Waals surface area contributed by atoms with Crippen molar-refractivity contribution in [3.8, 4) is 0 Å². The van der Waals surface area contributed by atoms with Crippen molar-refractivity contribution < 1.29 is 18.0 Å². The number of thiophene rings is 1. The quantitative estimate of drug-likeness (QED) is 0.548. The second-order valence-electron chi connectivity index (χ2n) is 8.38. The highest BCUT2D eigenvalue weighted by Crippen LogP contribution is 2.30. The third-order valence-electron chi connectivity index (χ3n) is 5.96. The first-order valence-electron chi connectivity index (χ1n) is 11.0. The van der Waals surface area contributed by atoms with E-state index in [9.17, 15) is 27.6 Å². The molecule has 1 aliphatic heterocycles. The number of aromatic nitrogens is 2. The fraction of sp³-hybridized carbons (Fsp3) is 0.435. The molecule has 182 valence electrons. The van der Waals surface area contributed by atoms with Crippen molar-refractivity contribution in [1.29, 1.82) is 0 Å². The lowest BCUT2D eigenvalue weighted by Gasteiger charge is -2.26. The minimum atomic E-state index is -4.44. The number of fused-ring (bicyclic) bond motifs is 1. The Hall–Kier alpha value is -2.92. The number of piperazine rings is 1. The maximum Gasteiger partial charge on any atom is 0.390 e. The molecule has 34 heavy (non-hydrogen) atoms. The molecule has 2 aromatic heterocycles. The van der Waals surface area contributed by atoms with Crippen LogP contribution < -0.4 is 16.6 Å². The normalized spacial score (nSPS) is 15.1. The molecule has 0 bridgehead atoms. The first-order chi connectivity index (χ1) is 16.1. The zero-order valence-corrected chi connectivity index (χ0v) is 19.5. The number of rotatable bonds is 7. The summed E-state index contributed by atoms with van der Waals surface area (Å²) < 4.78 is 41.2. The lowest BCUT2D eigenvalue weighted by Crippen LogP contribution is -2.47. The summed E-state index contributed by atoms with van der Waals surface area (Å²) in [6.07, 6.45) is -5.20. The number of benzene rings is 1. The van der Waals surface area contributed by atoms with Crippen LogP contribution in [0, 0.1) is 6.92 Å². The van der Waals surface area contributed by atoms with Gasteiger partial charge in [0.15, 0.2) is 0 Å². The third-order valence-corrected chi connectivity index (χ3v) is 7.26. The monoisotopic (exact) mass is 494 g/mol. The van der Waals surface area contributed by atoms with E-state index in [1.54, 1.807) is 6.92 Å². The molecule has 0 radical (unpaired) electrons. The van der Waals surface area contributed by atoms with E-state index in [0.717, 1.165) is 30.9 Å². The van der Waals surface area contributed by atoms with Crippen LogP contribution in [0.25, 0.3) is 10.2 Å². The first kappa shape index (κ1) is 24.2. The molecule has 1 amide bonds. The standard InChI is InChI=1S/C23H25F3N4O3S/c1-15-17(13-28-12-9-27-18(31)14-28)34-21-19(15)20(32)29(10-7-16-5-3-2-4-6-16)22(33)30(21)11-8-23(24,25)26/h2-6H,7-14H2,1H3,(H,27,31). The summed E-state index contributed by atoms with van der Waals surface area (Å²) in [7, 11) is 0. The topological polar surface area (TPSA) is 76.3 Å². The highest BCUT2D eigenvalue weighted by molar-refractivity contribution is 7.18. The molecule has 0 saturated carbocycles. The Labute approximate surface area is 197 Å². The molecular formula is C23H25F3N4O3S. The molecule has 0 unspecified atom stereocenters. The summed E-state index contributed by atoms with van der Waals surface area (Å²) in [6, 6.07) is 9.29. The van der Waals surface area contributed by atoms with E-state index in [-0.39, 0.29) is 29.2 Å². The molecule has 3 heterocycles. The molecular weight excluding hydrogens is 469 g/mol. The van der Waals surface area contributed by atoms with Gasteiger partial charge < -0.3 is 5.32 Å². The molecule has 11 heteroatoms. The number of halogens is 3. The van der Waals surface area contributed by atoms with E-state index >= 15 is 0 Å². The Morgan fingerprint density at radius 2 is 1.79 bits per heavy atom. The van der Waals surface area contributed by atoms with Crippen LogP contribution in [-0.2, 0) is 30.8 Å². The molecule has 1 aromatic carbocycles. The van der Waals surface area contributed by atoms with Crippen LogP contribution in [0.3, 0.4) is 0 Å². The average molecular weight is 495 g/mol. The van der Waals surface area contributed by atoms with E-state index in [1.165, 1.54) is 0 Å². The van der Waals surface area contributed by atoms with Crippen molar-refractivity contribution >= 4 is 27.5 Å². The van der Waals surface area contributed by atoms with Crippen molar-refractivity contribution in [2.45, 2.75) is 45.6 Å². The summed E-state index contributed by atoms with van der Waals surface area (Å²) in [4.78, 5) is 41.2. The van der Waals surface area contributed by atoms with Crippen molar-refractivity contribution in [3.63, 3.8) is 0 Å². The molecule has 7 nitrogen and oxygen atoms in total. The number of hydrogen-bond donors (Lipinski definition) is 1. The Bertz CT molecular complexity index is 1310. The second-order valence-corrected chi connectivity index (χ2v) is 9.47. The lowest BCUT2D eigenvalue weighted by atomic mass is 10.1. The molecule has 3 aromatic rings. The first-order valence-corrected chi connectivity index (χ1v) is 11.8. The van der Waals surface area contributed by atoms with Crippen LogP contribution in [-0.4, -0.2) is 45.8 Å². The van der Waals surface area contributed by atoms with Crippen molar-refractivity contribution in [1.82, 2.24) is 19.4 Å². The van der Waals surface area contributed by atoms with Crippen LogP contribution in [0.4, 0.5) is 13.2 Å². The highest BCUT2D eigenvalue weighted by Gasteiger charge is 2.29. The second kappa shape index (κ2) is 9.75. The van der Waals surface area contributed by atoms with Gasteiger partial charge in [0.25, 0.3) is 5.56 Å². The van der Waals surface area contributed by atoms with Gasteiger partial charge >= 0.3 is 11.9 Å². The smallest absolute Gasteiger partial charge is 0.354 e. The Morgan fingerprint density at radius 3 is 2.47 bits per heavy atom. The van der Waals surface area contributed by atoms with Crippen molar-refractivity contribution in [2.24, 2.45) is 0 Å². The van der Waals surface area contributed by atoms with Crippen molar-refractivity contribution in [3.05, 3.63) is 67.2 Å². The highest BCUT2D eigenvalue weighted by atomic mass is 32.1. The van der Waals surface area contributed by atoms with Gasteiger partial charge in [-0.2, -0.15) is 13.2 Å². The van der Waals surface area contributed by atoms with Gasteiger partial charge in [0.2, 0.25) is 5.91 Å². The lowest BCUT2D eigenvalue weighted by molar-refractivity contribution is -0.136. The van der Waals surface area contributed by atoms with Crippen LogP contribution in [0.15, 0.2) is 39.9 Å². The van der Waals surface area contributed by atoms with E-state index in [0.29, 0.717) is 31.6 Å². The number of nitrogens with zero attached hydrogens (tertiary/aromatic N) is 3. The molecule has 4 rings (SSSR count). The largest absolute Gasteiger partial charge is 0.390 e. The van der Waals surface area contributed by atoms with Gasteiger partial charge in [0, 0.05) is 37.6 Å². The number of amides is 1.